The molecule has 0 aliphatic rings. The number of hydrogen-bond acceptors (Lipinski definition) is 3. The second-order valence-corrected chi connectivity index (χ2v) is 18.9. The SMILES string of the molecule is CC(C)c1ccc2c(n1)oc1c(-c3cc[c]([Ge]([CH3])([CH3])[CH3])cn3)cccc12. The molecule has 0 atom stereocenters. The first-order valence-corrected chi connectivity index (χ1v) is 16.5. The van der Waals surface area contributed by atoms with Gasteiger partial charge in [0.1, 0.15) is 0 Å². The zero-order valence-corrected chi connectivity index (χ0v) is 18.1. The van der Waals surface area contributed by atoms with Crippen molar-refractivity contribution in [1.29, 1.82) is 0 Å². The first kappa shape index (κ1) is 17.3. The molecular formula is C22H24GeN2O. The van der Waals surface area contributed by atoms with Crippen LogP contribution in [0, 0.1) is 0 Å². The summed E-state index contributed by atoms with van der Waals surface area (Å²) in [6.45, 7) is 4.29. The van der Waals surface area contributed by atoms with Crippen molar-refractivity contribution in [3.63, 3.8) is 0 Å². The molecule has 1 aromatic carbocycles. The first-order valence-electron chi connectivity index (χ1n) is 9.13. The van der Waals surface area contributed by atoms with Crippen LogP contribution in [-0.4, -0.2) is 23.2 Å². The Labute approximate surface area is 156 Å². The van der Waals surface area contributed by atoms with Gasteiger partial charge in [0, 0.05) is 0 Å². The van der Waals surface area contributed by atoms with E-state index in [0.29, 0.717) is 11.6 Å². The van der Waals surface area contributed by atoms with E-state index in [1.165, 1.54) is 4.40 Å². The summed E-state index contributed by atoms with van der Waals surface area (Å²) in [5, 5.41) is 2.16. The molecule has 0 spiro atoms. The molecule has 0 saturated heterocycles. The molecule has 0 unspecified atom stereocenters. The third-order valence-electron chi connectivity index (χ3n) is 4.88. The Morgan fingerprint density at radius 2 is 1.73 bits per heavy atom. The van der Waals surface area contributed by atoms with Gasteiger partial charge in [0.25, 0.3) is 0 Å². The summed E-state index contributed by atoms with van der Waals surface area (Å²) < 4.78 is 7.60. The number of furan rings is 1. The monoisotopic (exact) mass is 406 g/mol. The zero-order chi connectivity index (χ0) is 18.5. The van der Waals surface area contributed by atoms with Crippen molar-refractivity contribution in [2.75, 3.05) is 0 Å². The van der Waals surface area contributed by atoms with Crippen LogP contribution in [0.1, 0.15) is 25.5 Å². The average Bonchev–Trinajstić information content (AvgIpc) is 2.98. The van der Waals surface area contributed by atoms with Crippen molar-refractivity contribution in [2.45, 2.75) is 37.0 Å². The normalized spacial score (nSPS) is 12.4. The van der Waals surface area contributed by atoms with E-state index < -0.39 is 13.3 Å². The maximum atomic E-state index is 6.19. The molecule has 0 amide bonds. The van der Waals surface area contributed by atoms with E-state index in [-0.39, 0.29) is 0 Å². The van der Waals surface area contributed by atoms with E-state index in [1.807, 2.05) is 6.20 Å². The van der Waals surface area contributed by atoms with Crippen LogP contribution in [0.4, 0.5) is 0 Å². The van der Waals surface area contributed by atoms with Crippen molar-refractivity contribution < 1.29 is 4.42 Å². The molecule has 0 saturated carbocycles. The Balaban J connectivity index is 1.89. The molecule has 4 aromatic rings. The fourth-order valence-corrected chi connectivity index (χ4v) is 5.39. The van der Waals surface area contributed by atoms with E-state index in [1.54, 1.807) is 0 Å². The Morgan fingerprint density at radius 1 is 0.923 bits per heavy atom. The van der Waals surface area contributed by atoms with Crippen molar-refractivity contribution in [3.8, 4) is 11.3 Å². The van der Waals surface area contributed by atoms with Crippen LogP contribution in [-0.2, 0) is 0 Å². The van der Waals surface area contributed by atoms with Gasteiger partial charge in [-0.05, 0) is 0 Å². The van der Waals surface area contributed by atoms with Crippen molar-refractivity contribution in [2.24, 2.45) is 0 Å². The minimum atomic E-state index is -1.85. The molecule has 4 heteroatoms. The van der Waals surface area contributed by atoms with Crippen LogP contribution < -0.4 is 4.40 Å². The molecule has 3 heterocycles. The summed E-state index contributed by atoms with van der Waals surface area (Å²) in [6, 6.07) is 14.8. The number of nitrogens with zero attached hydrogens (tertiary/aromatic N) is 2. The summed E-state index contributed by atoms with van der Waals surface area (Å²) in [7, 11) is 0. The van der Waals surface area contributed by atoms with Gasteiger partial charge >= 0.3 is 157 Å². The van der Waals surface area contributed by atoms with Crippen LogP contribution in [0.5, 0.6) is 0 Å². The minimum absolute atomic E-state index is 0.379. The van der Waals surface area contributed by atoms with Crippen molar-refractivity contribution >= 4 is 39.7 Å². The van der Waals surface area contributed by atoms with Crippen LogP contribution >= 0.6 is 0 Å². The first-order chi connectivity index (χ1) is 12.3. The third-order valence-corrected chi connectivity index (χ3v) is 9.14. The Bertz CT molecular complexity index is 1090. The van der Waals surface area contributed by atoms with Gasteiger partial charge in [0.2, 0.25) is 0 Å². The number of hydrogen-bond donors (Lipinski definition) is 0. The van der Waals surface area contributed by atoms with Gasteiger partial charge in [-0.1, -0.05) is 0 Å². The van der Waals surface area contributed by atoms with Crippen LogP contribution in [0.2, 0.25) is 17.3 Å². The number of aromatic nitrogens is 2. The Kier molecular flexibility index (Phi) is 4.15. The molecular weight excluding hydrogens is 381 g/mol. The molecule has 0 fully saturated rings. The maximum absolute atomic E-state index is 6.19. The Morgan fingerprint density at radius 3 is 2.38 bits per heavy atom. The second-order valence-electron chi connectivity index (χ2n) is 8.21. The summed E-state index contributed by atoms with van der Waals surface area (Å²) in [6.07, 6.45) is 2.05. The molecule has 3 aromatic heterocycles. The van der Waals surface area contributed by atoms with Crippen LogP contribution in [0.25, 0.3) is 33.3 Å². The van der Waals surface area contributed by atoms with Gasteiger partial charge in [0.15, 0.2) is 0 Å². The van der Waals surface area contributed by atoms with Gasteiger partial charge in [0.05, 0.1) is 0 Å². The summed E-state index contributed by atoms with van der Waals surface area (Å²) >= 11 is -1.85. The van der Waals surface area contributed by atoms with Gasteiger partial charge < -0.3 is 0 Å². The summed E-state index contributed by atoms with van der Waals surface area (Å²) in [4.78, 5) is 9.46. The summed E-state index contributed by atoms with van der Waals surface area (Å²) in [5.74, 6) is 7.53. The topological polar surface area (TPSA) is 38.9 Å². The number of pyridine rings is 2. The molecule has 0 bridgehead atoms. The molecule has 0 aliphatic heterocycles. The second kappa shape index (κ2) is 6.24. The standard InChI is InChI=1S/C22H24GeN2O/c1-14(2)19-12-10-17-16-7-6-8-18(21(16)26-22(17)25-19)20-11-9-15(13-24-20)23(3,4)5/h6-14H,1-5H3. The van der Waals surface area contributed by atoms with E-state index in [4.69, 9.17) is 14.4 Å². The zero-order valence-electron chi connectivity index (χ0n) is 16.0. The quantitative estimate of drug-likeness (QED) is 0.410. The molecule has 26 heavy (non-hydrogen) atoms. The molecule has 0 aliphatic carbocycles. The van der Waals surface area contributed by atoms with Gasteiger partial charge in [-0.3, -0.25) is 0 Å². The molecule has 0 radical (unpaired) electrons. The third kappa shape index (κ3) is 2.94. The van der Waals surface area contributed by atoms with E-state index in [2.05, 4.69) is 73.6 Å². The summed E-state index contributed by atoms with van der Waals surface area (Å²) in [5.41, 5.74) is 4.61. The predicted octanol–water partition coefficient (Wildman–Crippen LogP) is 5.71. The van der Waals surface area contributed by atoms with Crippen molar-refractivity contribution in [3.05, 3.63) is 54.4 Å². The Hall–Kier alpha value is -2.14. The van der Waals surface area contributed by atoms with Crippen LogP contribution in [0.15, 0.2) is 53.1 Å². The number of benzene rings is 1. The van der Waals surface area contributed by atoms with Gasteiger partial charge in [-0.15, -0.1) is 0 Å². The number of fused-ring (bicyclic) bond motifs is 3. The number of para-hydroxylation sites is 1. The van der Waals surface area contributed by atoms with E-state index in [0.717, 1.165) is 33.3 Å². The predicted molar refractivity (Wildman–Crippen MR) is 112 cm³/mol. The number of rotatable bonds is 3. The van der Waals surface area contributed by atoms with Crippen LogP contribution in [0.3, 0.4) is 0 Å². The molecule has 0 N–H and O–H groups in total. The fraction of sp³-hybridized carbons (Fsp3) is 0.273. The molecule has 4 rings (SSSR count). The van der Waals surface area contributed by atoms with Gasteiger partial charge in [-0.2, -0.15) is 0 Å². The van der Waals surface area contributed by atoms with E-state index >= 15 is 0 Å². The van der Waals surface area contributed by atoms with Gasteiger partial charge in [-0.25, -0.2) is 0 Å². The van der Waals surface area contributed by atoms with E-state index in [9.17, 15) is 0 Å². The van der Waals surface area contributed by atoms with Crippen molar-refractivity contribution in [1.82, 2.24) is 9.97 Å². The molecule has 3 nitrogen and oxygen atoms in total. The average molecular weight is 405 g/mol. The molecule has 132 valence electrons. The fourth-order valence-electron chi connectivity index (χ4n) is 3.21.